The molecule has 0 spiro atoms. The number of nitrogens with one attached hydrogen (secondary N) is 1. The SMILES string of the molecule is CN1CC2CC2(Nc2nnc(-c3ccc(Cl)cc3)c3ccccc23)C1. The van der Waals surface area contributed by atoms with Crippen molar-refractivity contribution in [2.45, 2.75) is 12.0 Å². The van der Waals surface area contributed by atoms with Crippen molar-refractivity contribution in [2.24, 2.45) is 5.92 Å². The molecule has 0 bridgehead atoms. The quantitative estimate of drug-likeness (QED) is 0.773. The molecule has 2 fully saturated rings. The van der Waals surface area contributed by atoms with Crippen LogP contribution in [0.3, 0.4) is 0 Å². The highest BCUT2D eigenvalue weighted by atomic mass is 35.5. The van der Waals surface area contributed by atoms with E-state index in [4.69, 9.17) is 11.6 Å². The van der Waals surface area contributed by atoms with Crippen LogP contribution in [0, 0.1) is 5.92 Å². The number of hydrogen-bond acceptors (Lipinski definition) is 4. The van der Waals surface area contributed by atoms with Gasteiger partial charge in [-0.25, -0.2) is 0 Å². The third kappa shape index (κ3) is 2.48. The first-order valence-electron chi connectivity index (χ1n) is 8.63. The minimum Gasteiger partial charge on any atom is -0.361 e. The van der Waals surface area contributed by atoms with Gasteiger partial charge in [-0.2, -0.15) is 0 Å². The smallest absolute Gasteiger partial charge is 0.157 e. The summed E-state index contributed by atoms with van der Waals surface area (Å²) < 4.78 is 0. The van der Waals surface area contributed by atoms with Gasteiger partial charge in [-0.15, -0.1) is 10.2 Å². The van der Waals surface area contributed by atoms with Crippen molar-refractivity contribution in [3.05, 3.63) is 53.6 Å². The van der Waals surface area contributed by atoms with E-state index in [9.17, 15) is 0 Å². The molecule has 1 N–H and O–H groups in total. The first kappa shape index (κ1) is 15.1. The zero-order chi connectivity index (χ0) is 17.0. The number of likely N-dealkylation sites (N-methyl/N-ethyl adjacent to an activating group) is 1. The highest BCUT2D eigenvalue weighted by Crippen LogP contribution is 2.51. The molecule has 1 aromatic heterocycles. The molecule has 0 amide bonds. The zero-order valence-electron chi connectivity index (χ0n) is 14.0. The van der Waals surface area contributed by atoms with Crippen LogP contribution >= 0.6 is 11.6 Å². The van der Waals surface area contributed by atoms with Gasteiger partial charge >= 0.3 is 0 Å². The molecular weight excluding hydrogens is 332 g/mol. The number of likely N-dealkylation sites (tertiary alicyclic amines) is 1. The van der Waals surface area contributed by atoms with E-state index in [1.807, 2.05) is 24.3 Å². The normalized spacial score (nSPS) is 25.1. The van der Waals surface area contributed by atoms with E-state index in [2.05, 4.69) is 51.7 Å². The first-order chi connectivity index (χ1) is 12.1. The molecular formula is C20H19ClN4. The molecule has 0 radical (unpaired) electrons. The maximum absolute atomic E-state index is 6.02. The van der Waals surface area contributed by atoms with Crippen LogP contribution in [0.15, 0.2) is 48.5 Å². The van der Waals surface area contributed by atoms with Crippen molar-refractivity contribution in [1.29, 1.82) is 0 Å². The molecule has 3 aromatic rings. The minimum atomic E-state index is 0.188. The van der Waals surface area contributed by atoms with Gasteiger partial charge in [0.15, 0.2) is 5.82 Å². The molecule has 2 unspecified atom stereocenters. The van der Waals surface area contributed by atoms with Gasteiger partial charge in [0, 0.05) is 34.4 Å². The molecule has 2 aliphatic rings. The number of aromatic nitrogens is 2. The first-order valence-corrected chi connectivity index (χ1v) is 9.00. The summed E-state index contributed by atoms with van der Waals surface area (Å²) in [5, 5.41) is 15.8. The molecule has 1 saturated carbocycles. The van der Waals surface area contributed by atoms with Crippen LogP contribution in [-0.4, -0.2) is 40.8 Å². The lowest BCUT2D eigenvalue weighted by atomic mass is 10.0. The summed E-state index contributed by atoms with van der Waals surface area (Å²) in [5.41, 5.74) is 2.11. The number of fused-ring (bicyclic) bond motifs is 2. The fourth-order valence-corrected chi connectivity index (χ4v) is 4.31. The minimum absolute atomic E-state index is 0.188. The summed E-state index contributed by atoms with van der Waals surface area (Å²) in [6, 6.07) is 16.1. The number of piperidine rings is 1. The molecule has 2 atom stereocenters. The Kier molecular flexibility index (Phi) is 3.27. The average molecular weight is 351 g/mol. The predicted octanol–water partition coefficient (Wildman–Crippen LogP) is 4.07. The van der Waals surface area contributed by atoms with Gasteiger partial charge in [-0.05, 0) is 31.5 Å². The van der Waals surface area contributed by atoms with Crippen LogP contribution in [0.5, 0.6) is 0 Å². The van der Waals surface area contributed by atoms with E-state index in [-0.39, 0.29) is 5.54 Å². The Morgan fingerprint density at radius 2 is 1.84 bits per heavy atom. The Morgan fingerprint density at radius 3 is 2.56 bits per heavy atom. The zero-order valence-corrected chi connectivity index (χ0v) is 14.8. The lowest BCUT2D eigenvalue weighted by Gasteiger charge is -2.19. The van der Waals surface area contributed by atoms with E-state index in [0.717, 1.165) is 45.3 Å². The molecule has 126 valence electrons. The number of halogens is 1. The topological polar surface area (TPSA) is 41.0 Å². The Balaban J connectivity index is 1.58. The summed E-state index contributed by atoms with van der Waals surface area (Å²) in [4.78, 5) is 2.39. The molecule has 1 saturated heterocycles. The fraction of sp³-hybridized carbons (Fsp3) is 0.300. The van der Waals surface area contributed by atoms with E-state index < -0.39 is 0 Å². The molecule has 5 rings (SSSR count). The van der Waals surface area contributed by atoms with Crippen molar-refractivity contribution in [3.8, 4) is 11.3 Å². The number of nitrogens with zero attached hydrogens (tertiary/aromatic N) is 3. The van der Waals surface area contributed by atoms with Gasteiger partial charge < -0.3 is 10.2 Å². The van der Waals surface area contributed by atoms with Crippen LogP contribution in [-0.2, 0) is 0 Å². The van der Waals surface area contributed by atoms with Crippen molar-refractivity contribution in [3.63, 3.8) is 0 Å². The molecule has 5 heteroatoms. The van der Waals surface area contributed by atoms with Gasteiger partial charge in [0.1, 0.15) is 5.69 Å². The Hall–Kier alpha value is -2.17. The van der Waals surface area contributed by atoms with Gasteiger partial charge in [0.2, 0.25) is 0 Å². The Morgan fingerprint density at radius 1 is 1.08 bits per heavy atom. The maximum Gasteiger partial charge on any atom is 0.157 e. The lowest BCUT2D eigenvalue weighted by Crippen LogP contribution is -2.31. The van der Waals surface area contributed by atoms with Crippen LogP contribution in [0.2, 0.25) is 5.02 Å². The van der Waals surface area contributed by atoms with Gasteiger partial charge in [0.25, 0.3) is 0 Å². The van der Waals surface area contributed by atoms with Crippen LogP contribution in [0.1, 0.15) is 6.42 Å². The summed E-state index contributed by atoms with van der Waals surface area (Å²) in [5.74, 6) is 1.63. The average Bonchev–Trinajstić information content (AvgIpc) is 3.17. The molecule has 4 nitrogen and oxygen atoms in total. The molecule has 2 aromatic carbocycles. The third-order valence-corrected chi connectivity index (χ3v) is 5.74. The number of anilines is 1. The van der Waals surface area contributed by atoms with Gasteiger partial charge in [0.05, 0.1) is 5.54 Å². The van der Waals surface area contributed by atoms with Crippen molar-refractivity contribution in [2.75, 3.05) is 25.5 Å². The van der Waals surface area contributed by atoms with E-state index in [1.54, 1.807) is 0 Å². The van der Waals surface area contributed by atoms with E-state index in [1.165, 1.54) is 13.0 Å². The van der Waals surface area contributed by atoms with E-state index >= 15 is 0 Å². The molecule has 1 aliphatic heterocycles. The highest BCUT2D eigenvalue weighted by molar-refractivity contribution is 6.30. The summed E-state index contributed by atoms with van der Waals surface area (Å²) in [6.45, 7) is 2.24. The molecule has 2 heterocycles. The maximum atomic E-state index is 6.02. The second-order valence-electron chi connectivity index (χ2n) is 7.33. The Bertz CT molecular complexity index is 956. The largest absolute Gasteiger partial charge is 0.361 e. The summed E-state index contributed by atoms with van der Waals surface area (Å²) in [7, 11) is 2.18. The fourth-order valence-electron chi connectivity index (χ4n) is 4.18. The second kappa shape index (κ2) is 5.41. The standard InChI is InChI=1S/C20H19ClN4/c1-25-11-14-10-20(14,12-25)22-19-17-5-3-2-4-16(17)18(23-24-19)13-6-8-15(21)9-7-13/h2-9,14H,10-12H2,1H3,(H,22,24). The number of benzene rings is 2. The summed E-state index contributed by atoms with van der Waals surface area (Å²) >= 11 is 6.02. The monoisotopic (exact) mass is 350 g/mol. The van der Waals surface area contributed by atoms with Crippen LogP contribution in [0.4, 0.5) is 5.82 Å². The van der Waals surface area contributed by atoms with Crippen molar-refractivity contribution < 1.29 is 0 Å². The second-order valence-corrected chi connectivity index (χ2v) is 7.77. The molecule has 1 aliphatic carbocycles. The third-order valence-electron chi connectivity index (χ3n) is 5.49. The van der Waals surface area contributed by atoms with E-state index in [0.29, 0.717) is 0 Å². The Labute approximate surface area is 151 Å². The lowest BCUT2D eigenvalue weighted by molar-refractivity contribution is 0.368. The van der Waals surface area contributed by atoms with Crippen molar-refractivity contribution >= 4 is 28.2 Å². The number of rotatable bonds is 3. The highest BCUT2D eigenvalue weighted by Gasteiger charge is 2.59. The van der Waals surface area contributed by atoms with Gasteiger partial charge in [-0.1, -0.05) is 48.0 Å². The van der Waals surface area contributed by atoms with Crippen molar-refractivity contribution in [1.82, 2.24) is 15.1 Å². The predicted molar refractivity (Wildman–Crippen MR) is 102 cm³/mol. The van der Waals surface area contributed by atoms with Gasteiger partial charge in [-0.3, -0.25) is 0 Å². The molecule has 25 heavy (non-hydrogen) atoms. The summed E-state index contributed by atoms with van der Waals surface area (Å²) in [6.07, 6.45) is 1.23. The van der Waals surface area contributed by atoms with Crippen LogP contribution < -0.4 is 5.32 Å². The van der Waals surface area contributed by atoms with Crippen LogP contribution in [0.25, 0.3) is 22.0 Å². The number of hydrogen-bond donors (Lipinski definition) is 1.